The van der Waals surface area contributed by atoms with Crippen molar-refractivity contribution in [3.8, 4) is 11.5 Å². The number of para-hydroxylation sites is 2. The number of aryl methyl sites for hydroxylation is 1. The molecule has 0 aliphatic carbocycles. The number of hydrogen-bond donors (Lipinski definition) is 1. The van der Waals surface area contributed by atoms with E-state index in [0.717, 1.165) is 17.5 Å². The molecule has 0 fully saturated rings. The van der Waals surface area contributed by atoms with Crippen LogP contribution in [0.1, 0.15) is 25.8 Å². The molecule has 4 rings (SSSR count). The van der Waals surface area contributed by atoms with Gasteiger partial charge in [0.2, 0.25) is 6.79 Å². The van der Waals surface area contributed by atoms with Crippen molar-refractivity contribution in [3.05, 3.63) is 58.5 Å². The highest BCUT2D eigenvalue weighted by Crippen LogP contribution is 2.32. The minimum absolute atomic E-state index is 0.179. The molecule has 2 aromatic carbocycles. The van der Waals surface area contributed by atoms with E-state index in [1.165, 1.54) is 11.5 Å². The molecule has 32 heavy (non-hydrogen) atoms. The Kier molecular flexibility index (Phi) is 6.16. The molecule has 1 aromatic heterocycles. The van der Waals surface area contributed by atoms with Crippen LogP contribution < -0.4 is 20.5 Å². The number of benzene rings is 2. The summed E-state index contributed by atoms with van der Waals surface area (Å²) in [5.74, 6) is 0.204. The Morgan fingerprint density at radius 1 is 1.09 bits per heavy atom. The van der Waals surface area contributed by atoms with Gasteiger partial charge in [-0.15, -0.1) is 0 Å². The van der Waals surface area contributed by atoms with Crippen molar-refractivity contribution in [1.29, 1.82) is 0 Å². The maximum atomic E-state index is 12.8. The van der Waals surface area contributed by atoms with Gasteiger partial charge in [0.25, 0.3) is 5.91 Å². The zero-order valence-electron chi connectivity index (χ0n) is 18.0. The quantitative estimate of drug-likeness (QED) is 0.540. The lowest BCUT2D eigenvalue weighted by atomic mass is 10.2. The van der Waals surface area contributed by atoms with Crippen LogP contribution in [0.4, 0.5) is 0 Å². The fraction of sp³-hybridized carbons (Fsp3) is 0.348. The summed E-state index contributed by atoms with van der Waals surface area (Å²) in [6, 6.07) is 12.7. The average Bonchev–Trinajstić information content (AvgIpc) is 3.36. The first kappa shape index (κ1) is 21.5. The summed E-state index contributed by atoms with van der Waals surface area (Å²) in [4.78, 5) is 37.7. The average molecular weight is 439 g/mol. The van der Waals surface area contributed by atoms with Gasteiger partial charge in [0, 0.05) is 13.1 Å². The summed E-state index contributed by atoms with van der Waals surface area (Å²) in [6.45, 7) is 4.20. The van der Waals surface area contributed by atoms with E-state index in [9.17, 15) is 14.4 Å². The summed E-state index contributed by atoms with van der Waals surface area (Å²) in [5.41, 5.74) is 1.98. The molecule has 1 atom stereocenters. The van der Waals surface area contributed by atoms with E-state index < -0.39 is 18.0 Å². The van der Waals surface area contributed by atoms with Gasteiger partial charge in [-0.3, -0.25) is 18.7 Å². The number of amides is 1. The molecule has 2 heterocycles. The van der Waals surface area contributed by atoms with Crippen molar-refractivity contribution in [1.82, 2.24) is 14.5 Å². The van der Waals surface area contributed by atoms with E-state index in [1.807, 2.05) is 31.2 Å². The highest BCUT2D eigenvalue weighted by Gasteiger charge is 2.21. The maximum absolute atomic E-state index is 12.8. The Bertz CT molecular complexity index is 1210. The zero-order valence-corrected chi connectivity index (χ0v) is 18.0. The van der Waals surface area contributed by atoms with Crippen LogP contribution in [0, 0.1) is 0 Å². The van der Waals surface area contributed by atoms with Gasteiger partial charge >= 0.3 is 11.7 Å². The Balaban J connectivity index is 1.37. The second-order valence-electron chi connectivity index (χ2n) is 7.55. The van der Waals surface area contributed by atoms with Gasteiger partial charge in [0.1, 0.15) is 6.54 Å². The Morgan fingerprint density at radius 2 is 1.81 bits per heavy atom. The van der Waals surface area contributed by atoms with Gasteiger partial charge in [-0.05, 0) is 43.2 Å². The lowest BCUT2D eigenvalue weighted by molar-refractivity contribution is -0.155. The Hall–Kier alpha value is -3.75. The number of esters is 1. The van der Waals surface area contributed by atoms with Crippen LogP contribution in [-0.2, 0) is 34.0 Å². The largest absolute Gasteiger partial charge is 0.454 e. The minimum atomic E-state index is -1.00. The fourth-order valence-electron chi connectivity index (χ4n) is 3.67. The number of carbonyl (C=O) groups excluding carboxylic acids is 2. The number of aromatic nitrogens is 2. The molecule has 0 saturated carbocycles. The number of hydrogen-bond acceptors (Lipinski definition) is 6. The summed E-state index contributed by atoms with van der Waals surface area (Å²) >= 11 is 0. The SMILES string of the molecule is CCCn1c(=O)n(CC(=O)OC(C)C(=O)NCc2ccc3c(c2)OCO3)c2ccccc21. The maximum Gasteiger partial charge on any atom is 0.329 e. The summed E-state index contributed by atoms with van der Waals surface area (Å²) in [7, 11) is 0. The standard InChI is InChI=1S/C23H25N3O6/c1-3-10-25-17-6-4-5-7-18(17)26(23(25)29)13-21(27)32-15(2)22(28)24-12-16-8-9-19-20(11-16)31-14-30-19/h4-9,11,15H,3,10,12-14H2,1-2H3,(H,24,28). The molecule has 1 aliphatic heterocycles. The number of fused-ring (bicyclic) bond motifs is 2. The van der Waals surface area contributed by atoms with E-state index in [2.05, 4.69) is 5.32 Å². The van der Waals surface area contributed by atoms with Crippen molar-refractivity contribution < 1.29 is 23.8 Å². The highest BCUT2D eigenvalue weighted by molar-refractivity contribution is 5.84. The van der Waals surface area contributed by atoms with E-state index in [0.29, 0.717) is 23.6 Å². The van der Waals surface area contributed by atoms with Crippen molar-refractivity contribution >= 4 is 22.9 Å². The summed E-state index contributed by atoms with van der Waals surface area (Å²) in [5, 5.41) is 2.74. The molecule has 0 spiro atoms. The van der Waals surface area contributed by atoms with Gasteiger partial charge in [-0.25, -0.2) is 4.79 Å². The van der Waals surface area contributed by atoms with E-state index in [4.69, 9.17) is 14.2 Å². The smallest absolute Gasteiger partial charge is 0.329 e. The van der Waals surface area contributed by atoms with E-state index in [-0.39, 0.29) is 25.6 Å². The molecule has 0 radical (unpaired) electrons. The Morgan fingerprint density at radius 3 is 2.56 bits per heavy atom. The fourth-order valence-corrected chi connectivity index (χ4v) is 3.67. The molecule has 0 saturated heterocycles. The molecule has 1 amide bonds. The van der Waals surface area contributed by atoms with Crippen molar-refractivity contribution in [2.75, 3.05) is 6.79 Å². The predicted octanol–water partition coefficient (Wildman–Crippen LogP) is 2.19. The van der Waals surface area contributed by atoms with Crippen LogP contribution in [0.5, 0.6) is 11.5 Å². The number of nitrogens with one attached hydrogen (secondary N) is 1. The van der Waals surface area contributed by atoms with Crippen LogP contribution in [-0.4, -0.2) is 33.9 Å². The number of nitrogens with zero attached hydrogens (tertiary/aromatic N) is 2. The second kappa shape index (κ2) is 9.17. The van der Waals surface area contributed by atoms with E-state index >= 15 is 0 Å². The normalized spacial score (nSPS) is 13.2. The number of ether oxygens (including phenoxy) is 3. The third-order valence-electron chi connectivity index (χ3n) is 5.24. The monoisotopic (exact) mass is 439 g/mol. The molecular formula is C23H25N3O6. The summed E-state index contributed by atoms with van der Waals surface area (Å²) < 4.78 is 18.9. The number of imidazole rings is 1. The third-order valence-corrected chi connectivity index (χ3v) is 5.24. The first-order valence-electron chi connectivity index (χ1n) is 10.5. The second-order valence-corrected chi connectivity index (χ2v) is 7.55. The molecule has 1 N–H and O–H groups in total. The van der Waals surface area contributed by atoms with Gasteiger partial charge in [0.05, 0.1) is 11.0 Å². The minimum Gasteiger partial charge on any atom is -0.454 e. The molecule has 9 heteroatoms. The van der Waals surface area contributed by atoms with Gasteiger partial charge in [-0.1, -0.05) is 25.1 Å². The zero-order chi connectivity index (χ0) is 22.7. The highest BCUT2D eigenvalue weighted by atomic mass is 16.7. The van der Waals surface area contributed by atoms with Crippen LogP contribution in [0.3, 0.4) is 0 Å². The first-order chi connectivity index (χ1) is 15.5. The van der Waals surface area contributed by atoms with Gasteiger partial charge < -0.3 is 19.5 Å². The van der Waals surface area contributed by atoms with Gasteiger partial charge in [-0.2, -0.15) is 0 Å². The van der Waals surface area contributed by atoms with Crippen LogP contribution in [0.2, 0.25) is 0 Å². The van der Waals surface area contributed by atoms with Gasteiger partial charge in [0.15, 0.2) is 17.6 Å². The summed E-state index contributed by atoms with van der Waals surface area (Å²) in [6.07, 6.45) is -0.213. The molecule has 168 valence electrons. The number of rotatable bonds is 8. The Labute approximate surface area is 184 Å². The molecule has 9 nitrogen and oxygen atoms in total. The molecule has 1 unspecified atom stereocenters. The third kappa shape index (κ3) is 4.32. The molecule has 0 bridgehead atoms. The lowest BCUT2D eigenvalue weighted by Crippen LogP contribution is -2.37. The lowest BCUT2D eigenvalue weighted by Gasteiger charge is -2.14. The van der Waals surface area contributed by atoms with Crippen molar-refractivity contribution in [2.45, 2.75) is 46.0 Å². The topological polar surface area (TPSA) is 101 Å². The molecule has 3 aromatic rings. The van der Waals surface area contributed by atoms with Crippen molar-refractivity contribution in [3.63, 3.8) is 0 Å². The van der Waals surface area contributed by atoms with Crippen LogP contribution in [0.25, 0.3) is 11.0 Å². The van der Waals surface area contributed by atoms with Crippen molar-refractivity contribution in [2.24, 2.45) is 0 Å². The van der Waals surface area contributed by atoms with Crippen LogP contribution in [0.15, 0.2) is 47.3 Å². The predicted molar refractivity (Wildman–Crippen MR) is 116 cm³/mol. The number of carbonyl (C=O) groups is 2. The first-order valence-corrected chi connectivity index (χ1v) is 10.5. The van der Waals surface area contributed by atoms with E-state index in [1.54, 1.807) is 22.8 Å². The molecule has 1 aliphatic rings. The molecular weight excluding hydrogens is 414 g/mol. The van der Waals surface area contributed by atoms with Crippen LogP contribution >= 0.6 is 0 Å².